The van der Waals surface area contributed by atoms with E-state index in [9.17, 15) is 19.3 Å². The molecule has 1 N–H and O–H groups in total. The van der Waals surface area contributed by atoms with E-state index in [1.807, 2.05) is 0 Å². The number of rotatable bonds is 6. The van der Waals surface area contributed by atoms with Crippen LogP contribution in [0.4, 0.5) is 10.1 Å². The first kappa shape index (κ1) is 17.4. The summed E-state index contributed by atoms with van der Waals surface area (Å²) in [6, 6.07) is 11.3. The summed E-state index contributed by atoms with van der Waals surface area (Å²) in [6.45, 7) is 3.26. The third-order valence-electron chi connectivity index (χ3n) is 3.46. The Morgan fingerprint density at radius 1 is 1.17 bits per heavy atom. The van der Waals surface area contributed by atoms with Gasteiger partial charge in [-0.25, -0.2) is 4.39 Å². The number of nitro groups is 1. The van der Waals surface area contributed by atoms with E-state index in [1.54, 1.807) is 25.1 Å². The number of ether oxygens (including phenoxy) is 1. The lowest BCUT2D eigenvalue weighted by molar-refractivity contribution is -0.386. The predicted octanol–water partition coefficient (Wildman–Crippen LogP) is 3.38. The topological polar surface area (TPSA) is 81.5 Å². The molecular weight excluding hydrogens is 315 g/mol. The number of nitro benzene ring substituents is 1. The number of para-hydroxylation sites is 2. The number of nitrogens with one attached hydrogen (secondary N) is 1. The van der Waals surface area contributed by atoms with E-state index in [4.69, 9.17) is 4.74 Å². The molecule has 0 heterocycles. The molecule has 1 amide bonds. The molecule has 0 aliphatic heterocycles. The third kappa shape index (κ3) is 4.28. The number of nitrogens with zero attached hydrogens (tertiary/aromatic N) is 1. The molecule has 24 heavy (non-hydrogen) atoms. The molecule has 0 aliphatic carbocycles. The minimum atomic E-state index is -0.922. The van der Waals surface area contributed by atoms with Gasteiger partial charge in [0.1, 0.15) is 5.82 Å². The monoisotopic (exact) mass is 332 g/mol. The molecule has 7 heteroatoms. The zero-order valence-electron chi connectivity index (χ0n) is 13.2. The van der Waals surface area contributed by atoms with Gasteiger partial charge < -0.3 is 10.1 Å². The molecule has 0 saturated carbocycles. The predicted molar refractivity (Wildman–Crippen MR) is 86.1 cm³/mol. The molecule has 0 bridgehead atoms. The van der Waals surface area contributed by atoms with Gasteiger partial charge in [-0.05, 0) is 37.6 Å². The van der Waals surface area contributed by atoms with Gasteiger partial charge in [0.05, 0.1) is 11.0 Å². The van der Waals surface area contributed by atoms with E-state index in [-0.39, 0.29) is 23.3 Å². The van der Waals surface area contributed by atoms with E-state index in [0.29, 0.717) is 0 Å². The van der Waals surface area contributed by atoms with E-state index >= 15 is 0 Å². The molecule has 2 rings (SSSR count). The number of amides is 1. The van der Waals surface area contributed by atoms with Crippen LogP contribution in [-0.4, -0.2) is 16.9 Å². The minimum Gasteiger partial charge on any atom is -0.474 e. The molecule has 6 nitrogen and oxygen atoms in total. The van der Waals surface area contributed by atoms with Gasteiger partial charge in [-0.3, -0.25) is 14.9 Å². The summed E-state index contributed by atoms with van der Waals surface area (Å²) in [5.41, 5.74) is 0.534. The van der Waals surface area contributed by atoms with Crippen LogP contribution in [0.15, 0.2) is 48.5 Å². The van der Waals surface area contributed by atoms with Crippen molar-refractivity contribution in [3.63, 3.8) is 0 Å². The maximum absolute atomic E-state index is 12.9. The molecule has 0 aromatic heterocycles. The Balaban J connectivity index is 2.02. The van der Waals surface area contributed by atoms with Crippen molar-refractivity contribution in [2.75, 3.05) is 0 Å². The summed E-state index contributed by atoms with van der Waals surface area (Å²) >= 11 is 0. The average molecular weight is 332 g/mol. The van der Waals surface area contributed by atoms with Gasteiger partial charge in [0.2, 0.25) is 0 Å². The van der Waals surface area contributed by atoms with Crippen LogP contribution in [0.1, 0.15) is 25.5 Å². The number of hydrogen-bond acceptors (Lipinski definition) is 4. The lowest BCUT2D eigenvalue weighted by atomic mass is 10.1. The molecule has 126 valence electrons. The minimum absolute atomic E-state index is 0.0274. The van der Waals surface area contributed by atoms with Gasteiger partial charge in [-0.15, -0.1) is 0 Å². The first-order chi connectivity index (χ1) is 11.4. The second-order valence-electron chi connectivity index (χ2n) is 5.27. The van der Waals surface area contributed by atoms with Gasteiger partial charge in [-0.1, -0.05) is 24.3 Å². The quantitative estimate of drug-likeness (QED) is 0.649. The number of benzene rings is 2. The van der Waals surface area contributed by atoms with Crippen LogP contribution in [0.25, 0.3) is 0 Å². The molecule has 2 atom stereocenters. The second-order valence-corrected chi connectivity index (χ2v) is 5.27. The fourth-order valence-electron chi connectivity index (χ4n) is 2.12. The second kappa shape index (κ2) is 7.54. The Hall–Kier alpha value is -2.96. The summed E-state index contributed by atoms with van der Waals surface area (Å²) in [5.74, 6) is -0.755. The Morgan fingerprint density at radius 3 is 2.42 bits per heavy atom. The fourth-order valence-corrected chi connectivity index (χ4v) is 2.12. The maximum Gasteiger partial charge on any atom is 0.310 e. The highest BCUT2D eigenvalue weighted by Crippen LogP contribution is 2.27. The van der Waals surface area contributed by atoms with Crippen molar-refractivity contribution in [3.8, 4) is 5.75 Å². The van der Waals surface area contributed by atoms with Crippen LogP contribution in [0.3, 0.4) is 0 Å². The Morgan fingerprint density at radius 2 is 1.79 bits per heavy atom. The molecule has 0 radical (unpaired) electrons. The molecule has 2 aromatic carbocycles. The highest BCUT2D eigenvalue weighted by atomic mass is 19.1. The molecule has 2 aromatic rings. The number of hydrogen-bond donors (Lipinski definition) is 1. The first-order valence-corrected chi connectivity index (χ1v) is 7.34. The summed E-state index contributed by atoms with van der Waals surface area (Å²) in [6.07, 6.45) is -0.922. The lowest BCUT2D eigenvalue weighted by Gasteiger charge is -2.19. The summed E-state index contributed by atoms with van der Waals surface area (Å²) in [5, 5.41) is 13.7. The van der Waals surface area contributed by atoms with Crippen molar-refractivity contribution in [2.45, 2.75) is 26.0 Å². The van der Waals surface area contributed by atoms with E-state index < -0.39 is 16.9 Å². The zero-order valence-corrected chi connectivity index (χ0v) is 13.2. The molecule has 0 saturated heterocycles. The largest absolute Gasteiger partial charge is 0.474 e. The van der Waals surface area contributed by atoms with E-state index in [1.165, 1.54) is 37.3 Å². The summed E-state index contributed by atoms with van der Waals surface area (Å²) < 4.78 is 18.3. The molecule has 0 unspecified atom stereocenters. The van der Waals surface area contributed by atoms with Gasteiger partial charge >= 0.3 is 5.69 Å². The van der Waals surface area contributed by atoms with Crippen LogP contribution < -0.4 is 10.1 Å². The Bertz CT molecular complexity index is 734. The fraction of sp³-hybridized carbons (Fsp3) is 0.235. The van der Waals surface area contributed by atoms with Crippen molar-refractivity contribution in [1.82, 2.24) is 5.32 Å². The smallest absolute Gasteiger partial charge is 0.310 e. The SMILES string of the molecule is C[C@@H](Oc1ccccc1[N+](=O)[O-])C(=O)N[C@H](C)c1ccc(F)cc1. The molecular formula is C17H17FN2O4. The number of halogens is 1. The van der Waals surface area contributed by atoms with Crippen LogP contribution in [0.2, 0.25) is 0 Å². The standard InChI is InChI=1S/C17H17FN2O4/c1-11(13-7-9-14(18)10-8-13)19-17(21)12(2)24-16-6-4-3-5-15(16)20(22)23/h3-12H,1-2H3,(H,19,21)/t11-,12-/m1/s1. The molecule has 0 aliphatic rings. The van der Waals surface area contributed by atoms with Crippen LogP contribution in [0.5, 0.6) is 5.75 Å². The van der Waals surface area contributed by atoms with Gasteiger partial charge in [0, 0.05) is 6.07 Å². The number of carbonyl (C=O) groups is 1. The van der Waals surface area contributed by atoms with E-state index in [2.05, 4.69) is 5.32 Å². The molecule has 0 spiro atoms. The van der Waals surface area contributed by atoms with Crippen LogP contribution in [0, 0.1) is 15.9 Å². The lowest BCUT2D eigenvalue weighted by Crippen LogP contribution is -2.37. The van der Waals surface area contributed by atoms with Crippen LogP contribution in [-0.2, 0) is 4.79 Å². The highest BCUT2D eigenvalue weighted by Gasteiger charge is 2.22. The van der Waals surface area contributed by atoms with Gasteiger partial charge in [-0.2, -0.15) is 0 Å². The Kier molecular flexibility index (Phi) is 5.47. The highest BCUT2D eigenvalue weighted by molar-refractivity contribution is 5.81. The van der Waals surface area contributed by atoms with Crippen molar-refractivity contribution in [1.29, 1.82) is 0 Å². The first-order valence-electron chi connectivity index (χ1n) is 7.34. The third-order valence-corrected chi connectivity index (χ3v) is 3.46. The average Bonchev–Trinajstić information content (AvgIpc) is 2.55. The van der Waals surface area contributed by atoms with Gasteiger partial charge in [0.15, 0.2) is 11.9 Å². The Labute approximate surface area is 138 Å². The normalized spacial score (nSPS) is 13.0. The summed E-state index contributed by atoms with van der Waals surface area (Å²) in [7, 11) is 0. The van der Waals surface area contributed by atoms with Crippen molar-refractivity contribution in [2.24, 2.45) is 0 Å². The summed E-state index contributed by atoms with van der Waals surface area (Å²) in [4.78, 5) is 22.6. The number of carbonyl (C=O) groups excluding carboxylic acids is 1. The molecule has 0 fully saturated rings. The van der Waals surface area contributed by atoms with Crippen molar-refractivity contribution in [3.05, 3.63) is 70.0 Å². The maximum atomic E-state index is 12.9. The van der Waals surface area contributed by atoms with Crippen LogP contribution >= 0.6 is 0 Å². The zero-order chi connectivity index (χ0) is 17.7. The van der Waals surface area contributed by atoms with Gasteiger partial charge in [0.25, 0.3) is 5.91 Å². The van der Waals surface area contributed by atoms with Crippen molar-refractivity contribution >= 4 is 11.6 Å². The van der Waals surface area contributed by atoms with E-state index in [0.717, 1.165) is 5.56 Å². The van der Waals surface area contributed by atoms with Crippen molar-refractivity contribution < 1.29 is 18.8 Å².